The number of ether oxygens (including phenoxy) is 1. The van der Waals surface area contributed by atoms with Crippen molar-refractivity contribution < 1.29 is 4.74 Å². The summed E-state index contributed by atoms with van der Waals surface area (Å²) in [5.41, 5.74) is 10.3. The SMILES string of the molecule is CCn1c(COc2ccc(C)cc2)cc2ccc(N)cc21. The highest BCUT2D eigenvalue weighted by Gasteiger charge is 2.08. The molecule has 0 aliphatic carbocycles. The van der Waals surface area contributed by atoms with Gasteiger partial charge in [0.25, 0.3) is 0 Å². The Bertz CT molecular complexity index is 757. The van der Waals surface area contributed by atoms with Crippen LogP contribution in [0.25, 0.3) is 10.9 Å². The van der Waals surface area contributed by atoms with Gasteiger partial charge in [0, 0.05) is 17.6 Å². The van der Waals surface area contributed by atoms with E-state index in [1.165, 1.54) is 22.2 Å². The highest BCUT2D eigenvalue weighted by molar-refractivity contribution is 5.84. The summed E-state index contributed by atoms with van der Waals surface area (Å²) in [6, 6.07) is 16.3. The smallest absolute Gasteiger partial charge is 0.128 e. The number of anilines is 1. The molecule has 0 saturated carbocycles. The maximum atomic E-state index is 5.90. The molecule has 3 rings (SSSR count). The molecule has 0 fully saturated rings. The summed E-state index contributed by atoms with van der Waals surface area (Å²) in [5, 5.41) is 1.20. The Morgan fingerprint density at radius 3 is 2.52 bits per heavy atom. The molecule has 0 aliphatic rings. The van der Waals surface area contributed by atoms with Gasteiger partial charge in [-0.1, -0.05) is 23.8 Å². The average molecular weight is 280 g/mol. The van der Waals surface area contributed by atoms with Gasteiger partial charge in [-0.15, -0.1) is 0 Å². The first-order chi connectivity index (χ1) is 10.2. The van der Waals surface area contributed by atoms with Crippen molar-refractivity contribution in [1.29, 1.82) is 0 Å². The summed E-state index contributed by atoms with van der Waals surface area (Å²) in [5.74, 6) is 0.896. The van der Waals surface area contributed by atoms with E-state index in [0.717, 1.165) is 18.0 Å². The third-order valence-corrected chi connectivity index (χ3v) is 3.74. The molecule has 0 saturated heterocycles. The Kier molecular flexibility index (Phi) is 3.57. The Hall–Kier alpha value is -2.42. The molecule has 2 aromatic carbocycles. The molecule has 0 amide bonds. The standard InChI is InChI=1S/C18H20N2O/c1-3-20-16(10-14-6-7-15(19)11-18(14)20)12-21-17-8-4-13(2)5-9-17/h4-11H,3,12,19H2,1-2H3. The van der Waals surface area contributed by atoms with E-state index in [4.69, 9.17) is 10.5 Å². The number of benzene rings is 2. The van der Waals surface area contributed by atoms with Crippen molar-refractivity contribution in [3.8, 4) is 5.75 Å². The van der Waals surface area contributed by atoms with Crippen LogP contribution in [0, 0.1) is 6.92 Å². The van der Waals surface area contributed by atoms with E-state index in [9.17, 15) is 0 Å². The molecule has 0 aliphatic heterocycles. The molecule has 0 atom stereocenters. The van der Waals surface area contributed by atoms with Crippen molar-refractivity contribution in [1.82, 2.24) is 4.57 Å². The van der Waals surface area contributed by atoms with E-state index in [1.807, 2.05) is 24.3 Å². The third kappa shape index (κ3) is 2.72. The summed E-state index contributed by atoms with van der Waals surface area (Å²) < 4.78 is 8.15. The van der Waals surface area contributed by atoms with Crippen molar-refractivity contribution >= 4 is 16.6 Å². The van der Waals surface area contributed by atoms with Crippen LogP contribution in [0.1, 0.15) is 18.2 Å². The first kappa shape index (κ1) is 13.6. The lowest BCUT2D eigenvalue weighted by atomic mass is 10.2. The molecule has 0 radical (unpaired) electrons. The average Bonchev–Trinajstić information content (AvgIpc) is 2.83. The van der Waals surface area contributed by atoms with Crippen LogP contribution in [-0.2, 0) is 13.2 Å². The second-order valence-electron chi connectivity index (χ2n) is 5.30. The van der Waals surface area contributed by atoms with Crippen molar-refractivity contribution in [2.75, 3.05) is 5.73 Å². The van der Waals surface area contributed by atoms with Crippen LogP contribution in [-0.4, -0.2) is 4.57 Å². The first-order valence-electron chi connectivity index (χ1n) is 7.24. The monoisotopic (exact) mass is 280 g/mol. The van der Waals surface area contributed by atoms with Gasteiger partial charge in [0.15, 0.2) is 0 Å². The molecule has 1 heterocycles. The Morgan fingerprint density at radius 1 is 1.05 bits per heavy atom. The van der Waals surface area contributed by atoms with E-state index in [0.29, 0.717) is 6.61 Å². The molecule has 3 heteroatoms. The molecular weight excluding hydrogens is 260 g/mol. The number of nitrogens with zero attached hydrogens (tertiary/aromatic N) is 1. The van der Waals surface area contributed by atoms with Gasteiger partial charge < -0.3 is 15.0 Å². The predicted molar refractivity (Wildman–Crippen MR) is 87.5 cm³/mol. The van der Waals surface area contributed by atoms with E-state index in [1.54, 1.807) is 0 Å². The number of aromatic nitrogens is 1. The second-order valence-corrected chi connectivity index (χ2v) is 5.30. The largest absolute Gasteiger partial charge is 0.487 e. The van der Waals surface area contributed by atoms with Crippen LogP contribution >= 0.6 is 0 Å². The molecular formula is C18H20N2O. The molecule has 0 spiro atoms. The van der Waals surface area contributed by atoms with E-state index < -0.39 is 0 Å². The number of nitrogens with two attached hydrogens (primary N) is 1. The summed E-state index contributed by atoms with van der Waals surface area (Å²) in [6.45, 7) is 5.67. The number of hydrogen-bond donors (Lipinski definition) is 1. The van der Waals surface area contributed by atoms with Crippen LogP contribution in [0.15, 0.2) is 48.5 Å². The summed E-state index contributed by atoms with van der Waals surface area (Å²) in [6.07, 6.45) is 0. The van der Waals surface area contributed by atoms with Gasteiger partial charge in [0.2, 0.25) is 0 Å². The summed E-state index contributed by atoms with van der Waals surface area (Å²) in [7, 11) is 0. The van der Waals surface area contributed by atoms with Gasteiger partial charge in [-0.2, -0.15) is 0 Å². The molecule has 2 N–H and O–H groups in total. The summed E-state index contributed by atoms with van der Waals surface area (Å²) >= 11 is 0. The third-order valence-electron chi connectivity index (χ3n) is 3.74. The van der Waals surface area contributed by atoms with Gasteiger partial charge in [-0.25, -0.2) is 0 Å². The van der Waals surface area contributed by atoms with Crippen molar-refractivity contribution in [3.05, 3.63) is 59.8 Å². The maximum absolute atomic E-state index is 5.90. The number of fused-ring (bicyclic) bond motifs is 1. The van der Waals surface area contributed by atoms with Crippen LogP contribution < -0.4 is 10.5 Å². The van der Waals surface area contributed by atoms with Crippen molar-refractivity contribution in [2.24, 2.45) is 0 Å². The molecule has 3 nitrogen and oxygen atoms in total. The topological polar surface area (TPSA) is 40.2 Å². The maximum Gasteiger partial charge on any atom is 0.128 e. The molecule has 0 unspecified atom stereocenters. The van der Waals surface area contributed by atoms with Gasteiger partial charge in [0.05, 0.1) is 11.2 Å². The van der Waals surface area contributed by atoms with Crippen LogP contribution in [0.4, 0.5) is 5.69 Å². The lowest BCUT2D eigenvalue weighted by Gasteiger charge is -2.10. The van der Waals surface area contributed by atoms with Gasteiger partial charge in [-0.3, -0.25) is 0 Å². The molecule has 21 heavy (non-hydrogen) atoms. The Labute approximate surface area is 125 Å². The zero-order valence-electron chi connectivity index (χ0n) is 12.5. The van der Waals surface area contributed by atoms with Crippen molar-refractivity contribution in [3.63, 3.8) is 0 Å². The second kappa shape index (κ2) is 5.52. The van der Waals surface area contributed by atoms with Crippen molar-refractivity contribution in [2.45, 2.75) is 27.0 Å². The highest BCUT2D eigenvalue weighted by Crippen LogP contribution is 2.23. The van der Waals surface area contributed by atoms with Gasteiger partial charge in [0.1, 0.15) is 12.4 Å². The first-order valence-corrected chi connectivity index (χ1v) is 7.24. The van der Waals surface area contributed by atoms with E-state index in [2.05, 4.69) is 42.7 Å². The zero-order chi connectivity index (χ0) is 14.8. The number of nitrogen functional groups attached to an aromatic ring is 1. The number of rotatable bonds is 4. The molecule has 1 aromatic heterocycles. The molecule has 0 bridgehead atoms. The lowest BCUT2D eigenvalue weighted by Crippen LogP contribution is -2.04. The summed E-state index contributed by atoms with van der Waals surface area (Å²) in [4.78, 5) is 0. The van der Waals surface area contributed by atoms with Crippen LogP contribution in [0.5, 0.6) is 5.75 Å². The fourth-order valence-corrected chi connectivity index (χ4v) is 2.61. The number of hydrogen-bond acceptors (Lipinski definition) is 2. The van der Waals surface area contributed by atoms with Crippen LogP contribution in [0.3, 0.4) is 0 Å². The van der Waals surface area contributed by atoms with Gasteiger partial charge in [-0.05, 0) is 44.2 Å². The minimum absolute atomic E-state index is 0.561. The zero-order valence-corrected chi connectivity index (χ0v) is 12.5. The highest BCUT2D eigenvalue weighted by atomic mass is 16.5. The predicted octanol–water partition coefficient (Wildman–Crippen LogP) is 4.13. The fraction of sp³-hybridized carbons (Fsp3) is 0.222. The molecule has 108 valence electrons. The normalized spacial score (nSPS) is 11.0. The fourth-order valence-electron chi connectivity index (χ4n) is 2.61. The molecule has 3 aromatic rings. The Balaban J connectivity index is 1.88. The Morgan fingerprint density at radius 2 is 1.81 bits per heavy atom. The minimum Gasteiger partial charge on any atom is -0.487 e. The lowest BCUT2D eigenvalue weighted by molar-refractivity contribution is 0.296. The quantitative estimate of drug-likeness (QED) is 0.730. The van der Waals surface area contributed by atoms with E-state index >= 15 is 0 Å². The van der Waals surface area contributed by atoms with Gasteiger partial charge >= 0.3 is 0 Å². The van der Waals surface area contributed by atoms with E-state index in [-0.39, 0.29) is 0 Å². The minimum atomic E-state index is 0.561. The van der Waals surface area contributed by atoms with Crippen LogP contribution in [0.2, 0.25) is 0 Å². The number of aryl methyl sites for hydroxylation is 2.